The van der Waals surface area contributed by atoms with Gasteiger partial charge in [0, 0.05) is 24.8 Å². The normalized spacial score (nSPS) is 10.1. The van der Waals surface area contributed by atoms with Crippen molar-refractivity contribution < 1.29 is 9.72 Å². The first-order chi connectivity index (χ1) is 8.01. The Labute approximate surface area is 100 Å². The van der Waals surface area contributed by atoms with Crippen molar-refractivity contribution in [2.45, 2.75) is 20.8 Å². The number of rotatable bonds is 5. The van der Waals surface area contributed by atoms with Crippen LogP contribution in [0.4, 0.5) is 11.4 Å². The predicted octanol–water partition coefficient (Wildman–Crippen LogP) is 2.64. The second-order valence-electron chi connectivity index (χ2n) is 3.69. The Morgan fingerprint density at radius 1 is 1.35 bits per heavy atom. The lowest BCUT2D eigenvalue weighted by Gasteiger charge is -2.20. The molecule has 0 aliphatic heterocycles. The van der Waals surface area contributed by atoms with Gasteiger partial charge in [0.1, 0.15) is 0 Å². The number of carbonyl (C=O) groups excluding carboxylic acids is 1. The molecular formula is C12H16N2O3. The molecular weight excluding hydrogens is 220 g/mol. The second-order valence-corrected chi connectivity index (χ2v) is 3.69. The molecule has 0 aliphatic carbocycles. The van der Waals surface area contributed by atoms with E-state index in [0.29, 0.717) is 0 Å². The highest BCUT2D eigenvalue weighted by Crippen LogP contribution is 2.25. The van der Waals surface area contributed by atoms with Gasteiger partial charge in [0.2, 0.25) is 0 Å². The van der Waals surface area contributed by atoms with Gasteiger partial charge in [-0.2, -0.15) is 0 Å². The summed E-state index contributed by atoms with van der Waals surface area (Å²) in [7, 11) is 0. The molecule has 1 rings (SSSR count). The fraction of sp³-hybridized carbons (Fsp3) is 0.417. The smallest absolute Gasteiger partial charge is 0.282 e. The molecule has 0 atom stereocenters. The number of Topliss-reactive ketones (excluding diaryl/α,β-unsaturated/α-hetero) is 1. The van der Waals surface area contributed by atoms with E-state index in [0.717, 1.165) is 18.8 Å². The minimum Gasteiger partial charge on any atom is -0.372 e. The average Bonchev–Trinajstić information content (AvgIpc) is 2.30. The van der Waals surface area contributed by atoms with Crippen molar-refractivity contribution in [3.8, 4) is 0 Å². The predicted molar refractivity (Wildman–Crippen MR) is 66.7 cm³/mol. The Hall–Kier alpha value is -1.91. The van der Waals surface area contributed by atoms with E-state index < -0.39 is 4.92 Å². The fourth-order valence-corrected chi connectivity index (χ4v) is 1.75. The molecule has 0 heterocycles. The Morgan fingerprint density at radius 2 is 1.94 bits per heavy atom. The van der Waals surface area contributed by atoms with E-state index in [1.807, 2.05) is 18.7 Å². The molecule has 0 aromatic heterocycles. The van der Waals surface area contributed by atoms with Gasteiger partial charge in [0.15, 0.2) is 5.78 Å². The minimum absolute atomic E-state index is 0.123. The molecule has 0 N–H and O–H groups in total. The van der Waals surface area contributed by atoms with Crippen molar-refractivity contribution in [1.82, 2.24) is 0 Å². The Bertz CT molecular complexity index is 439. The summed E-state index contributed by atoms with van der Waals surface area (Å²) in [5.74, 6) is -0.289. The van der Waals surface area contributed by atoms with Crippen molar-refractivity contribution in [2.75, 3.05) is 18.0 Å². The maximum atomic E-state index is 11.3. The summed E-state index contributed by atoms with van der Waals surface area (Å²) in [6, 6.07) is 4.73. The van der Waals surface area contributed by atoms with Crippen LogP contribution < -0.4 is 4.90 Å². The van der Waals surface area contributed by atoms with Gasteiger partial charge in [-0.25, -0.2) is 0 Å². The van der Waals surface area contributed by atoms with Crippen LogP contribution in [0.25, 0.3) is 0 Å². The Kier molecular flexibility index (Phi) is 4.20. The van der Waals surface area contributed by atoms with Crippen molar-refractivity contribution in [1.29, 1.82) is 0 Å². The molecule has 0 amide bonds. The van der Waals surface area contributed by atoms with Crippen molar-refractivity contribution >= 4 is 17.2 Å². The van der Waals surface area contributed by atoms with Gasteiger partial charge in [-0.3, -0.25) is 14.9 Å². The van der Waals surface area contributed by atoms with Crippen LogP contribution in [0.3, 0.4) is 0 Å². The molecule has 0 aliphatic rings. The third kappa shape index (κ3) is 2.81. The standard InChI is InChI=1S/C12H16N2O3/c1-4-13(5-2)10-6-7-11(9(3)15)12(8-10)14(16)17/h6-8H,4-5H2,1-3H3. The van der Waals surface area contributed by atoms with Gasteiger partial charge in [-0.15, -0.1) is 0 Å². The Morgan fingerprint density at radius 3 is 2.35 bits per heavy atom. The zero-order chi connectivity index (χ0) is 13.0. The van der Waals surface area contributed by atoms with E-state index >= 15 is 0 Å². The van der Waals surface area contributed by atoms with Crippen molar-refractivity contribution in [3.05, 3.63) is 33.9 Å². The zero-order valence-electron chi connectivity index (χ0n) is 10.3. The Balaban J connectivity index is 3.27. The van der Waals surface area contributed by atoms with Crippen LogP contribution in [0.5, 0.6) is 0 Å². The van der Waals surface area contributed by atoms with E-state index in [1.54, 1.807) is 6.07 Å². The number of nitro benzene ring substituents is 1. The molecule has 1 aromatic rings. The summed E-state index contributed by atoms with van der Waals surface area (Å²) in [6.07, 6.45) is 0. The molecule has 0 bridgehead atoms. The van der Waals surface area contributed by atoms with E-state index in [2.05, 4.69) is 0 Å². The molecule has 5 nitrogen and oxygen atoms in total. The van der Waals surface area contributed by atoms with Crippen LogP contribution in [0.15, 0.2) is 18.2 Å². The lowest BCUT2D eigenvalue weighted by molar-refractivity contribution is -0.385. The fourth-order valence-electron chi connectivity index (χ4n) is 1.75. The highest BCUT2D eigenvalue weighted by atomic mass is 16.6. The second kappa shape index (κ2) is 5.43. The summed E-state index contributed by atoms with van der Waals surface area (Å²) < 4.78 is 0. The van der Waals surface area contributed by atoms with Gasteiger partial charge >= 0.3 is 0 Å². The monoisotopic (exact) mass is 236 g/mol. The highest BCUT2D eigenvalue weighted by Gasteiger charge is 2.18. The molecule has 0 spiro atoms. The first kappa shape index (κ1) is 13.2. The number of hydrogen-bond donors (Lipinski definition) is 0. The summed E-state index contributed by atoms with van der Waals surface area (Å²) >= 11 is 0. The molecule has 0 unspecified atom stereocenters. The minimum atomic E-state index is -0.510. The van der Waals surface area contributed by atoms with E-state index in [-0.39, 0.29) is 17.0 Å². The van der Waals surface area contributed by atoms with Gasteiger partial charge in [0.05, 0.1) is 10.5 Å². The third-order valence-electron chi connectivity index (χ3n) is 2.69. The number of benzene rings is 1. The SMILES string of the molecule is CCN(CC)c1ccc(C(C)=O)c([N+](=O)[O-])c1. The summed E-state index contributed by atoms with van der Waals surface area (Å²) in [6.45, 7) is 6.84. The van der Waals surface area contributed by atoms with E-state index in [4.69, 9.17) is 0 Å². The van der Waals surface area contributed by atoms with Gasteiger partial charge in [-0.05, 0) is 32.9 Å². The first-order valence-corrected chi connectivity index (χ1v) is 5.55. The zero-order valence-corrected chi connectivity index (χ0v) is 10.3. The molecule has 17 heavy (non-hydrogen) atoms. The van der Waals surface area contributed by atoms with Crippen LogP contribution in [0.1, 0.15) is 31.1 Å². The lowest BCUT2D eigenvalue weighted by Crippen LogP contribution is -2.22. The van der Waals surface area contributed by atoms with Crippen molar-refractivity contribution in [3.63, 3.8) is 0 Å². The molecule has 0 saturated carbocycles. The van der Waals surface area contributed by atoms with Gasteiger partial charge in [0.25, 0.3) is 5.69 Å². The maximum Gasteiger partial charge on any atom is 0.282 e. The van der Waals surface area contributed by atoms with Gasteiger partial charge in [-0.1, -0.05) is 0 Å². The molecule has 5 heteroatoms. The molecule has 92 valence electrons. The molecule has 1 aromatic carbocycles. The van der Waals surface area contributed by atoms with Crippen LogP contribution in [-0.2, 0) is 0 Å². The number of nitrogens with zero attached hydrogens (tertiary/aromatic N) is 2. The van der Waals surface area contributed by atoms with E-state index in [9.17, 15) is 14.9 Å². The van der Waals surface area contributed by atoms with Crippen LogP contribution in [0.2, 0.25) is 0 Å². The molecule has 0 radical (unpaired) electrons. The van der Waals surface area contributed by atoms with Crippen LogP contribution in [-0.4, -0.2) is 23.8 Å². The van der Waals surface area contributed by atoms with E-state index in [1.165, 1.54) is 19.1 Å². The number of hydrogen-bond acceptors (Lipinski definition) is 4. The average molecular weight is 236 g/mol. The summed E-state index contributed by atoms with van der Waals surface area (Å²) in [5, 5.41) is 10.9. The largest absolute Gasteiger partial charge is 0.372 e. The first-order valence-electron chi connectivity index (χ1n) is 5.55. The maximum absolute atomic E-state index is 11.3. The van der Waals surface area contributed by atoms with Crippen molar-refractivity contribution in [2.24, 2.45) is 0 Å². The number of ketones is 1. The summed E-state index contributed by atoms with van der Waals surface area (Å²) in [5.41, 5.74) is 0.805. The topological polar surface area (TPSA) is 63.5 Å². The molecule has 0 fully saturated rings. The number of anilines is 1. The molecule has 0 saturated heterocycles. The van der Waals surface area contributed by atoms with Crippen LogP contribution >= 0.6 is 0 Å². The number of nitro groups is 1. The number of carbonyl (C=O) groups is 1. The summed E-state index contributed by atoms with van der Waals surface area (Å²) in [4.78, 5) is 23.7. The quantitative estimate of drug-likeness (QED) is 0.448. The third-order valence-corrected chi connectivity index (χ3v) is 2.69. The van der Waals surface area contributed by atoms with Crippen LogP contribution in [0, 0.1) is 10.1 Å². The highest BCUT2D eigenvalue weighted by molar-refractivity contribution is 5.98. The van der Waals surface area contributed by atoms with Gasteiger partial charge < -0.3 is 4.90 Å². The lowest BCUT2D eigenvalue weighted by atomic mass is 10.1.